The lowest BCUT2D eigenvalue weighted by atomic mass is 10.1. The van der Waals surface area contributed by atoms with Crippen molar-refractivity contribution in [3.8, 4) is 11.4 Å². The minimum Gasteiger partial charge on any atom is -0.338 e. The van der Waals surface area contributed by atoms with E-state index in [4.69, 9.17) is 9.66 Å². The van der Waals surface area contributed by atoms with Crippen molar-refractivity contribution in [3.05, 3.63) is 65.5 Å². The fraction of sp³-hybridized carbons (Fsp3) is 0.263. The van der Waals surface area contributed by atoms with Crippen LogP contribution in [0, 0.1) is 0 Å². The molecule has 7 nitrogen and oxygen atoms in total. The molecule has 160 valence electrons. The second-order valence-electron chi connectivity index (χ2n) is 6.80. The van der Waals surface area contributed by atoms with Gasteiger partial charge in [-0.15, -0.1) is 0 Å². The van der Waals surface area contributed by atoms with Crippen molar-refractivity contribution < 1.29 is 26.1 Å². The van der Waals surface area contributed by atoms with Gasteiger partial charge in [0.2, 0.25) is 21.7 Å². The Kier molecular flexibility index (Phi) is 5.97. The summed E-state index contributed by atoms with van der Waals surface area (Å²) in [5.74, 6) is 0.299. The van der Waals surface area contributed by atoms with Crippen LogP contribution in [0.5, 0.6) is 0 Å². The molecular formula is C19H19F3N4O3S. The number of aromatic nitrogens is 2. The highest BCUT2D eigenvalue weighted by Crippen LogP contribution is 2.31. The largest absolute Gasteiger partial charge is 0.416 e. The molecule has 0 saturated heterocycles. The molecule has 11 heteroatoms. The van der Waals surface area contributed by atoms with Crippen LogP contribution in [0.2, 0.25) is 0 Å². The van der Waals surface area contributed by atoms with Crippen LogP contribution >= 0.6 is 0 Å². The number of rotatable bonds is 6. The Bertz CT molecular complexity index is 1130. The minimum atomic E-state index is -4.46. The standard InChI is InChI=1S/C19H19F3N4O3S/c1-12(13-6-8-16(9-7-13)30(23,27)28)26(2)11-17-24-18(25-29-17)14-4-3-5-15(10-14)19(20,21)22/h3-10,12H,11H2,1-2H3,(H2,23,27,28). The smallest absolute Gasteiger partial charge is 0.338 e. The van der Waals surface area contributed by atoms with Gasteiger partial charge in [-0.1, -0.05) is 29.4 Å². The monoisotopic (exact) mass is 440 g/mol. The average Bonchev–Trinajstić information content (AvgIpc) is 3.15. The third-order valence-electron chi connectivity index (χ3n) is 4.65. The predicted molar refractivity (Wildman–Crippen MR) is 102 cm³/mol. The maximum Gasteiger partial charge on any atom is 0.416 e. The van der Waals surface area contributed by atoms with Crippen LogP contribution in [0.3, 0.4) is 0 Å². The van der Waals surface area contributed by atoms with E-state index in [0.717, 1.165) is 17.7 Å². The van der Waals surface area contributed by atoms with Crippen LogP contribution < -0.4 is 5.14 Å². The van der Waals surface area contributed by atoms with Gasteiger partial charge in [0.15, 0.2) is 0 Å². The van der Waals surface area contributed by atoms with E-state index in [0.29, 0.717) is 0 Å². The zero-order valence-corrected chi connectivity index (χ0v) is 16.9. The number of halogens is 3. The number of alkyl halides is 3. The lowest BCUT2D eigenvalue weighted by Crippen LogP contribution is -2.22. The Labute approximate surface area is 171 Å². The van der Waals surface area contributed by atoms with Gasteiger partial charge in [-0.2, -0.15) is 18.2 Å². The van der Waals surface area contributed by atoms with E-state index >= 15 is 0 Å². The summed E-state index contributed by atoms with van der Waals surface area (Å²) in [7, 11) is -1.97. The van der Waals surface area contributed by atoms with E-state index in [1.165, 1.54) is 24.3 Å². The first-order valence-corrected chi connectivity index (χ1v) is 10.3. The topological polar surface area (TPSA) is 102 Å². The molecule has 1 atom stereocenters. The van der Waals surface area contributed by atoms with Crippen LogP contribution in [0.25, 0.3) is 11.4 Å². The molecular weight excluding hydrogens is 421 g/mol. The van der Waals surface area contributed by atoms with Gasteiger partial charge in [0.25, 0.3) is 0 Å². The summed E-state index contributed by atoms with van der Waals surface area (Å²) < 4.78 is 66.6. The second-order valence-corrected chi connectivity index (χ2v) is 8.36. The van der Waals surface area contributed by atoms with Gasteiger partial charge in [0.1, 0.15) is 0 Å². The van der Waals surface area contributed by atoms with Gasteiger partial charge in [-0.05, 0) is 43.8 Å². The summed E-state index contributed by atoms with van der Waals surface area (Å²) in [4.78, 5) is 6.07. The van der Waals surface area contributed by atoms with Gasteiger partial charge >= 0.3 is 6.18 Å². The summed E-state index contributed by atoms with van der Waals surface area (Å²) in [6, 6.07) is 10.7. The maximum atomic E-state index is 12.9. The molecule has 30 heavy (non-hydrogen) atoms. The molecule has 0 aliphatic heterocycles. The van der Waals surface area contributed by atoms with Crippen molar-refractivity contribution in [1.82, 2.24) is 15.0 Å². The fourth-order valence-electron chi connectivity index (χ4n) is 2.81. The number of hydrogen-bond acceptors (Lipinski definition) is 6. The Morgan fingerprint density at radius 3 is 2.43 bits per heavy atom. The first kappa shape index (κ1) is 21.9. The van der Waals surface area contributed by atoms with Crippen LogP contribution in [0.15, 0.2) is 57.9 Å². The summed E-state index contributed by atoms with van der Waals surface area (Å²) in [5.41, 5.74) is 0.247. The van der Waals surface area contributed by atoms with E-state index in [1.54, 1.807) is 19.2 Å². The third-order valence-corrected chi connectivity index (χ3v) is 5.58. The highest BCUT2D eigenvalue weighted by atomic mass is 32.2. The molecule has 3 aromatic rings. The van der Waals surface area contributed by atoms with Gasteiger partial charge in [0.05, 0.1) is 17.0 Å². The molecule has 1 aromatic heterocycles. The number of benzene rings is 2. The lowest BCUT2D eigenvalue weighted by Gasteiger charge is -2.23. The number of nitrogens with zero attached hydrogens (tertiary/aromatic N) is 3. The van der Waals surface area contributed by atoms with Crippen LogP contribution in [0.1, 0.15) is 30.0 Å². The minimum absolute atomic E-state index is 0.0173. The Morgan fingerprint density at radius 1 is 1.17 bits per heavy atom. The van der Waals surface area contributed by atoms with Crippen molar-refractivity contribution in [2.24, 2.45) is 5.14 Å². The van der Waals surface area contributed by atoms with Crippen molar-refractivity contribution >= 4 is 10.0 Å². The molecule has 1 heterocycles. The fourth-order valence-corrected chi connectivity index (χ4v) is 3.33. The normalized spacial score (nSPS) is 13.6. The highest BCUT2D eigenvalue weighted by molar-refractivity contribution is 7.89. The van der Waals surface area contributed by atoms with Crippen molar-refractivity contribution in [3.63, 3.8) is 0 Å². The van der Waals surface area contributed by atoms with Gasteiger partial charge in [0, 0.05) is 11.6 Å². The molecule has 3 rings (SSSR count). The van der Waals surface area contributed by atoms with E-state index in [2.05, 4.69) is 10.1 Å². The van der Waals surface area contributed by atoms with Gasteiger partial charge < -0.3 is 4.52 Å². The molecule has 0 spiro atoms. The number of hydrogen-bond donors (Lipinski definition) is 1. The average molecular weight is 440 g/mol. The molecule has 2 aromatic carbocycles. The van der Waals surface area contributed by atoms with Crippen LogP contribution in [-0.4, -0.2) is 30.5 Å². The highest BCUT2D eigenvalue weighted by Gasteiger charge is 2.30. The van der Waals surface area contributed by atoms with E-state index in [1.807, 2.05) is 11.8 Å². The molecule has 0 radical (unpaired) electrons. The van der Waals surface area contributed by atoms with Crippen LogP contribution in [0.4, 0.5) is 13.2 Å². The van der Waals surface area contributed by atoms with Crippen molar-refractivity contribution in [1.29, 1.82) is 0 Å². The van der Waals surface area contributed by atoms with Gasteiger partial charge in [-0.3, -0.25) is 4.90 Å². The summed E-state index contributed by atoms with van der Waals surface area (Å²) >= 11 is 0. The molecule has 0 saturated carbocycles. The van der Waals surface area contributed by atoms with E-state index in [-0.39, 0.29) is 34.8 Å². The third kappa shape index (κ3) is 5.04. The Balaban J connectivity index is 1.72. The second kappa shape index (κ2) is 8.17. The molecule has 1 unspecified atom stereocenters. The SMILES string of the molecule is CC(c1ccc(S(N)(=O)=O)cc1)N(C)Cc1nc(-c2cccc(C(F)(F)F)c2)no1. The summed E-state index contributed by atoms with van der Waals surface area (Å²) in [6.07, 6.45) is -4.46. The van der Waals surface area contributed by atoms with E-state index < -0.39 is 21.8 Å². The molecule has 0 amide bonds. The first-order chi connectivity index (χ1) is 13.9. The number of primary sulfonamides is 1. The molecule has 0 aliphatic carbocycles. The van der Waals surface area contributed by atoms with Crippen molar-refractivity contribution in [2.45, 2.75) is 30.6 Å². The molecule has 2 N–H and O–H groups in total. The predicted octanol–water partition coefficient (Wildman–Crippen LogP) is 3.60. The van der Waals surface area contributed by atoms with Crippen LogP contribution in [-0.2, 0) is 22.7 Å². The Morgan fingerprint density at radius 2 is 1.83 bits per heavy atom. The number of nitrogens with two attached hydrogens (primary N) is 1. The van der Waals surface area contributed by atoms with E-state index in [9.17, 15) is 21.6 Å². The zero-order chi connectivity index (χ0) is 22.1. The molecule has 0 fully saturated rings. The maximum absolute atomic E-state index is 12.9. The van der Waals surface area contributed by atoms with Crippen molar-refractivity contribution in [2.75, 3.05) is 7.05 Å². The first-order valence-electron chi connectivity index (χ1n) is 8.78. The zero-order valence-electron chi connectivity index (χ0n) is 16.1. The summed E-state index contributed by atoms with van der Waals surface area (Å²) in [5, 5.41) is 8.87. The quantitative estimate of drug-likeness (QED) is 0.628. The van der Waals surface area contributed by atoms with Gasteiger partial charge in [-0.25, -0.2) is 13.6 Å². The molecule has 0 bridgehead atoms. The number of sulfonamides is 1. The molecule has 0 aliphatic rings. The lowest BCUT2D eigenvalue weighted by molar-refractivity contribution is -0.137. The Hall–Kier alpha value is -2.76. The summed E-state index contributed by atoms with van der Waals surface area (Å²) in [6.45, 7) is 2.14.